The molecule has 1 aromatic carbocycles. The average Bonchev–Trinajstić information content (AvgIpc) is 2.46. The molecule has 0 unspecified atom stereocenters. The summed E-state index contributed by atoms with van der Waals surface area (Å²) >= 11 is 0. The van der Waals surface area contributed by atoms with Crippen LogP contribution in [-0.2, 0) is 11.3 Å². The van der Waals surface area contributed by atoms with E-state index in [1.54, 1.807) is 17.0 Å². The number of amides is 2. The summed E-state index contributed by atoms with van der Waals surface area (Å²) in [5.74, 6) is -0.161. The van der Waals surface area contributed by atoms with Gasteiger partial charge in [0.1, 0.15) is 6.04 Å². The van der Waals surface area contributed by atoms with Crippen molar-refractivity contribution in [3.63, 3.8) is 0 Å². The van der Waals surface area contributed by atoms with Crippen molar-refractivity contribution >= 4 is 11.8 Å². The van der Waals surface area contributed by atoms with Gasteiger partial charge in [0.15, 0.2) is 0 Å². The normalized spacial score (nSPS) is 19.2. The van der Waals surface area contributed by atoms with Gasteiger partial charge in [-0.05, 0) is 24.1 Å². The second kappa shape index (κ2) is 5.84. The van der Waals surface area contributed by atoms with E-state index in [0.717, 1.165) is 5.56 Å². The maximum absolute atomic E-state index is 12.4. The number of nitrogens with zero attached hydrogens (tertiary/aromatic N) is 1. The molecule has 2 amide bonds. The number of piperazine rings is 1. The average molecular weight is 261 g/mol. The van der Waals surface area contributed by atoms with E-state index in [9.17, 15) is 9.59 Å². The molecule has 1 aromatic rings. The fourth-order valence-electron chi connectivity index (χ4n) is 2.31. The topological polar surface area (TPSA) is 75.4 Å². The first-order valence-electron chi connectivity index (χ1n) is 6.55. The predicted molar refractivity (Wildman–Crippen MR) is 72.5 cm³/mol. The number of hydrogen-bond acceptors (Lipinski definition) is 3. The molecule has 1 saturated heterocycles. The van der Waals surface area contributed by atoms with Crippen LogP contribution in [0.3, 0.4) is 0 Å². The molecular formula is C14H19N3O2. The van der Waals surface area contributed by atoms with Crippen molar-refractivity contribution in [1.82, 2.24) is 10.2 Å². The van der Waals surface area contributed by atoms with Gasteiger partial charge in [-0.25, -0.2) is 0 Å². The molecule has 0 bridgehead atoms. The quantitative estimate of drug-likeness (QED) is 0.831. The van der Waals surface area contributed by atoms with Gasteiger partial charge in [0, 0.05) is 25.2 Å². The Morgan fingerprint density at radius 2 is 2.11 bits per heavy atom. The van der Waals surface area contributed by atoms with Crippen molar-refractivity contribution in [1.29, 1.82) is 0 Å². The van der Waals surface area contributed by atoms with Gasteiger partial charge in [0.25, 0.3) is 5.91 Å². The minimum Gasteiger partial charge on any atom is -0.353 e. The Morgan fingerprint density at radius 3 is 2.68 bits per heavy atom. The van der Waals surface area contributed by atoms with E-state index in [2.05, 4.69) is 5.32 Å². The zero-order chi connectivity index (χ0) is 13.8. The smallest absolute Gasteiger partial charge is 0.254 e. The monoisotopic (exact) mass is 261 g/mol. The molecule has 5 heteroatoms. The molecule has 1 atom stereocenters. The van der Waals surface area contributed by atoms with Crippen LogP contribution in [0.4, 0.5) is 0 Å². The third kappa shape index (κ3) is 2.76. The second-order valence-corrected chi connectivity index (χ2v) is 4.61. The molecule has 0 saturated carbocycles. The van der Waals surface area contributed by atoms with Crippen LogP contribution in [0.2, 0.25) is 0 Å². The molecule has 3 N–H and O–H groups in total. The summed E-state index contributed by atoms with van der Waals surface area (Å²) in [5.41, 5.74) is 7.12. The van der Waals surface area contributed by atoms with Gasteiger partial charge in [-0.3, -0.25) is 9.59 Å². The van der Waals surface area contributed by atoms with Crippen molar-refractivity contribution in [3.8, 4) is 0 Å². The Morgan fingerprint density at radius 1 is 1.42 bits per heavy atom. The molecule has 19 heavy (non-hydrogen) atoms. The van der Waals surface area contributed by atoms with Crippen LogP contribution in [0.15, 0.2) is 24.3 Å². The maximum Gasteiger partial charge on any atom is 0.254 e. The van der Waals surface area contributed by atoms with Gasteiger partial charge in [0.2, 0.25) is 5.91 Å². The Kier molecular flexibility index (Phi) is 4.16. The third-order valence-corrected chi connectivity index (χ3v) is 3.41. The summed E-state index contributed by atoms with van der Waals surface area (Å²) in [6.45, 7) is 3.44. The number of hydrogen-bond donors (Lipinski definition) is 2. The first-order valence-corrected chi connectivity index (χ1v) is 6.55. The predicted octanol–water partition coefficient (Wildman–Crippen LogP) is 0.496. The Bertz CT molecular complexity index is 470. The summed E-state index contributed by atoms with van der Waals surface area (Å²) in [4.78, 5) is 25.8. The first-order chi connectivity index (χ1) is 9.17. The van der Waals surface area contributed by atoms with E-state index in [-0.39, 0.29) is 17.9 Å². The lowest BCUT2D eigenvalue weighted by Gasteiger charge is -2.34. The minimum absolute atomic E-state index is 0.0688. The van der Waals surface area contributed by atoms with Gasteiger partial charge >= 0.3 is 0 Å². The fourth-order valence-corrected chi connectivity index (χ4v) is 2.31. The number of rotatable bonds is 3. The molecule has 1 heterocycles. The zero-order valence-corrected chi connectivity index (χ0v) is 11.1. The van der Waals surface area contributed by atoms with Gasteiger partial charge in [-0.2, -0.15) is 0 Å². The van der Waals surface area contributed by atoms with Crippen molar-refractivity contribution in [3.05, 3.63) is 35.4 Å². The number of nitrogens with two attached hydrogens (primary N) is 1. The number of carbonyl (C=O) groups is 2. The summed E-state index contributed by atoms with van der Waals surface area (Å²) in [6, 6.07) is 6.86. The fraction of sp³-hybridized carbons (Fsp3) is 0.429. The standard InChI is InChI=1S/C14H19N3O2/c1-2-12-13(18)16-7-8-17(12)14(19)11-5-3-10(9-15)4-6-11/h3-6,12H,2,7-9,15H2,1H3,(H,16,18)/t12-/m0/s1. The van der Waals surface area contributed by atoms with Crippen LogP contribution in [0.5, 0.6) is 0 Å². The van der Waals surface area contributed by atoms with Crippen LogP contribution >= 0.6 is 0 Å². The second-order valence-electron chi connectivity index (χ2n) is 4.61. The van der Waals surface area contributed by atoms with Crippen molar-refractivity contribution < 1.29 is 9.59 Å². The molecule has 0 spiro atoms. The Labute approximate surface area is 112 Å². The molecular weight excluding hydrogens is 242 g/mol. The molecule has 1 aliphatic heterocycles. The molecule has 1 aliphatic rings. The molecule has 1 fully saturated rings. The summed E-state index contributed by atoms with van der Waals surface area (Å²) < 4.78 is 0. The van der Waals surface area contributed by atoms with E-state index < -0.39 is 0 Å². The van der Waals surface area contributed by atoms with Gasteiger partial charge in [0.05, 0.1) is 0 Å². The summed E-state index contributed by atoms with van der Waals surface area (Å²) in [7, 11) is 0. The van der Waals surface area contributed by atoms with E-state index in [1.807, 2.05) is 19.1 Å². The highest BCUT2D eigenvalue weighted by molar-refractivity contribution is 5.98. The largest absolute Gasteiger partial charge is 0.353 e. The SMILES string of the molecule is CC[C@H]1C(=O)NCCN1C(=O)c1ccc(CN)cc1. The number of carbonyl (C=O) groups excluding carboxylic acids is 2. The van der Waals surface area contributed by atoms with Crippen LogP contribution in [-0.4, -0.2) is 35.8 Å². The van der Waals surface area contributed by atoms with Crippen molar-refractivity contribution in [2.24, 2.45) is 5.73 Å². The lowest BCUT2D eigenvalue weighted by atomic mass is 10.1. The van der Waals surface area contributed by atoms with E-state index >= 15 is 0 Å². The van der Waals surface area contributed by atoms with Crippen LogP contribution in [0.25, 0.3) is 0 Å². The van der Waals surface area contributed by atoms with Crippen LogP contribution < -0.4 is 11.1 Å². The molecule has 5 nitrogen and oxygen atoms in total. The highest BCUT2D eigenvalue weighted by Gasteiger charge is 2.31. The highest BCUT2D eigenvalue weighted by Crippen LogP contribution is 2.14. The zero-order valence-electron chi connectivity index (χ0n) is 11.1. The lowest BCUT2D eigenvalue weighted by Crippen LogP contribution is -2.56. The maximum atomic E-state index is 12.4. The van der Waals surface area contributed by atoms with Gasteiger partial charge in [-0.1, -0.05) is 19.1 Å². The molecule has 0 aliphatic carbocycles. The molecule has 0 aromatic heterocycles. The summed E-state index contributed by atoms with van der Waals surface area (Å²) in [6.07, 6.45) is 0.623. The van der Waals surface area contributed by atoms with Gasteiger partial charge < -0.3 is 16.0 Å². The van der Waals surface area contributed by atoms with E-state index in [4.69, 9.17) is 5.73 Å². The highest BCUT2D eigenvalue weighted by atomic mass is 16.2. The van der Waals surface area contributed by atoms with Crippen LogP contribution in [0, 0.1) is 0 Å². The van der Waals surface area contributed by atoms with Crippen molar-refractivity contribution in [2.75, 3.05) is 13.1 Å². The minimum atomic E-state index is -0.365. The summed E-state index contributed by atoms with van der Waals surface area (Å²) in [5, 5.41) is 2.79. The molecule has 102 valence electrons. The van der Waals surface area contributed by atoms with E-state index in [0.29, 0.717) is 31.6 Å². The van der Waals surface area contributed by atoms with Crippen LogP contribution in [0.1, 0.15) is 29.3 Å². The third-order valence-electron chi connectivity index (χ3n) is 3.41. The molecule has 2 rings (SSSR count). The first kappa shape index (κ1) is 13.5. The number of benzene rings is 1. The Balaban J connectivity index is 2.19. The van der Waals surface area contributed by atoms with Gasteiger partial charge in [-0.15, -0.1) is 0 Å². The molecule has 0 radical (unpaired) electrons. The Hall–Kier alpha value is -1.88. The van der Waals surface area contributed by atoms with Crippen molar-refractivity contribution in [2.45, 2.75) is 25.9 Å². The number of nitrogens with one attached hydrogen (secondary N) is 1. The lowest BCUT2D eigenvalue weighted by molar-refractivity contribution is -0.127. The van der Waals surface area contributed by atoms with E-state index in [1.165, 1.54) is 0 Å².